The molecule has 0 radical (unpaired) electrons. The summed E-state index contributed by atoms with van der Waals surface area (Å²) in [7, 11) is 1.80. The van der Waals surface area contributed by atoms with Gasteiger partial charge in [0.1, 0.15) is 11.9 Å². The van der Waals surface area contributed by atoms with Gasteiger partial charge in [-0.25, -0.2) is 4.39 Å². The number of hydrogen-bond acceptors (Lipinski definition) is 3. The lowest BCUT2D eigenvalue weighted by atomic mass is 10.1. The molecule has 2 atom stereocenters. The predicted octanol–water partition coefficient (Wildman–Crippen LogP) is 0.738. The molecule has 0 saturated carbocycles. The number of nitrogens with one attached hydrogen (secondary N) is 2. The Morgan fingerprint density at radius 1 is 1.56 bits per heavy atom. The quantitative estimate of drug-likeness (QED) is 0.833. The Balaban J connectivity index is 2.28. The number of carbonyl (C=O) groups is 1. The average Bonchev–Trinajstić information content (AvgIpc) is 2.32. The molecule has 2 unspecified atom stereocenters. The number of piperazine rings is 1. The molecular formula is C13H18FN3O. The van der Waals surface area contributed by atoms with Crippen molar-refractivity contribution < 1.29 is 9.18 Å². The molecule has 1 fully saturated rings. The SMILES string of the molecule is CNCC1C(=O)NC(C)CN1c1cccc(F)c1. The fourth-order valence-corrected chi connectivity index (χ4v) is 2.28. The molecule has 1 aromatic rings. The Hall–Kier alpha value is -1.62. The van der Waals surface area contributed by atoms with Gasteiger partial charge in [-0.2, -0.15) is 0 Å². The zero-order chi connectivity index (χ0) is 13.1. The summed E-state index contributed by atoms with van der Waals surface area (Å²) in [6.45, 7) is 3.16. The second kappa shape index (κ2) is 5.35. The van der Waals surface area contributed by atoms with Crippen molar-refractivity contribution in [2.75, 3.05) is 25.0 Å². The Morgan fingerprint density at radius 2 is 2.33 bits per heavy atom. The maximum absolute atomic E-state index is 13.3. The highest BCUT2D eigenvalue weighted by Gasteiger charge is 2.32. The minimum atomic E-state index is -0.298. The second-order valence-corrected chi connectivity index (χ2v) is 4.62. The van der Waals surface area contributed by atoms with Gasteiger partial charge in [0.25, 0.3) is 0 Å². The topological polar surface area (TPSA) is 44.4 Å². The van der Waals surface area contributed by atoms with Crippen LogP contribution in [0.3, 0.4) is 0 Å². The standard InChI is InChI=1S/C13H18FN3O/c1-9-8-17(11-5-3-4-10(14)6-11)12(7-15-2)13(18)16-9/h3-6,9,12,15H,7-8H2,1-2H3,(H,16,18). The highest BCUT2D eigenvalue weighted by molar-refractivity contribution is 5.87. The molecule has 1 aliphatic heterocycles. The van der Waals surface area contributed by atoms with Gasteiger partial charge in [0, 0.05) is 24.8 Å². The Morgan fingerprint density at radius 3 is 3.00 bits per heavy atom. The number of nitrogens with zero attached hydrogens (tertiary/aromatic N) is 1. The van der Waals surface area contributed by atoms with E-state index < -0.39 is 0 Å². The molecule has 1 heterocycles. The van der Waals surface area contributed by atoms with E-state index in [0.717, 1.165) is 5.69 Å². The Labute approximate surface area is 106 Å². The van der Waals surface area contributed by atoms with Gasteiger partial charge in [-0.15, -0.1) is 0 Å². The number of rotatable bonds is 3. The van der Waals surface area contributed by atoms with E-state index in [9.17, 15) is 9.18 Å². The van der Waals surface area contributed by atoms with Crippen molar-refractivity contribution in [2.45, 2.75) is 19.0 Å². The lowest BCUT2D eigenvalue weighted by molar-refractivity contribution is -0.124. The van der Waals surface area contributed by atoms with E-state index in [2.05, 4.69) is 10.6 Å². The van der Waals surface area contributed by atoms with E-state index >= 15 is 0 Å². The molecule has 1 saturated heterocycles. The summed E-state index contributed by atoms with van der Waals surface area (Å²) in [5, 5.41) is 5.91. The van der Waals surface area contributed by atoms with Crippen molar-refractivity contribution in [1.29, 1.82) is 0 Å². The zero-order valence-electron chi connectivity index (χ0n) is 10.6. The lowest BCUT2D eigenvalue weighted by Gasteiger charge is -2.39. The zero-order valence-corrected chi connectivity index (χ0v) is 10.6. The first kappa shape index (κ1) is 12.8. The third kappa shape index (κ3) is 2.61. The number of halogens is 1. The van der Waals surface area contributed by atoms with Crippen LogP contribution in [0.4, 0.5) is 10.1 Å². The van der Waals surface area contributed by atoms with Crippen LogP contribution in [0.25, 0.3) is 0 Å². The predicted molar refractivity (Wildman–Crippen MR) is 69.1 cm³/mol. The molecule has 4 nitrogen and oxygen atoms in total. The lowest BCUT2D eigenvalue weighted by Crippen LogP contribution is -2.62. The molecule has 0 spiro atoms. The van der Waals surface area contributed by atoms with Crippen LogP contribution in [0, 0.1) is 5.82 Å². The molecule has 2 rings (SSSR count). The van der Waals surface area contributed by atoms with Gasteiger partial charge in [0.15, 0.2) is 0 Å². The first-order valence-corrected chi connectivity index (χ1v) is 6.09. The normalized spacial score (nSPS) is 23.9. The molecule has 2 N–H and O–H groups in total. The van der Waals surface area contributed by atoms with Crippen LogP contribution in [-0.2, 0) is 4.79 Å². The maximum atomic E-state index is 13.3. The molecule has 1 aromatic carbocycles. The van der Waals surface area contributed by atoms with E-state index in [1.165, 1.54) is 12.1 Å². The smallest absolute Gasteiger partial charge is 0.244 e. The van der Waals surface area contributed by atoms with Crippen molar-refractivity contribution in [2.24, 2.45) is 0 Å². The van der Waals surface area contributed by atoms with Crippen molar-refractivity contribution in [3.8, 4) is 0 Å². The van der Waals surface area contributed by atoms with Crippen LogP contribution < -0.4 is 15.5 Å². The van der Waals surface area contributed by atoms with Crippen LogP contribution >= 0.6 is 0 Å². The molecule has 18 heavy (non-hydrogen) atoms. The fourth-order valence-electron chi connectivity index (χ4n) is 2.28. The van der Waals surface area contributed by atoms with E-state index in [-0.39, 0.29) is 23.8 Å². The van der Waals surface area contributed by atoms with Gasteiger partial charge in [-0.1, -0.05) is 6.07 Å². The van der Waals surface area contributed by atoms with E-state index in [4.69, 9.17) is 0 Å². The number of benzene rings is 1. The highest BCUT2D eigenvalue weighted by atomic mass is 19.1. The first-order chi connectivity index (χ1) is 8.61. The van der Waals surface area contributed by atoms with E-state index in [1.807, 2.05) is 17.9 Å². The molecule has 1 aliphatic rings. The monoisotopic (exact) mass is 251 g/mol. The minimum Gasteiger partial charge on any atom is -0.356 e. The minimum absolute atomic E-state index is 0.0210. The first-order valence-electron chi connectivity index (χ1n) is 6.09. The summed E-state index contributed by atoms with van der Waals surface area (Å²) in [6.07, 6.45) is 0. The van der Waals surface area contributed by atoms with Crippen molar-refractivity contribution >= 4 is 11.6 Å². The Bertz CT molecular complexity index is 438. The second-order valence-electron chi connectivity index (χ2n) is 4.62. The van der Waals surface area contributed by atoms with E-state index in [1.54, 1.807) is 13.1 Å². The summed E-state index contributed by atoms with van der Waals surface area (Å²) in [4.78, 5) is 13.9. The van der Waals surface area contributed by atoms with Crippen LogP contribution in [-0.4, -0.2) is 38.1 Å². The summed E-state index contributed by atoms with van der Waals surface area (Å²) < 4.78 is 13.3. The van der Waals surface area contributed by atoms with Crippen LogP contribution in [0.1, 0.15) is 6.92 Å². The largest absolute Gasteiger partial charge is 0.356 e. The summed E-state index contributed by atoms with van der Waals surface area (Å²) in [5.41, 5.74) is 0.747. The van der Waals surface area contributed by atoms with Gasteiger partial charge in [0.2, 0.25) is 5.91 Å². The van der Waals surface area contributed by atoms with Crippen molar-refractivity contribution in [3.63, 3.8) is 0 Å². The third-order valence-corrected chi connectivity index (χ3v) is 3.08. The van der Waals surface area contributed by atoms with Gasteiger partial charge < -0.3 is 15.5 Å². The van der Waals surface area contributed by atoms with Crippen molar-refractivity contribution in [1.82, 2.24) is 10.6 Å². The fraction of sp³-hybridized carbons (Fsp3) is 0.462. The third-order valence-electron chi connectivity index (χ3n) is 3.08. The summed E-state index contributed by atoms with van der Waals surface area (Å²) >= 11 is 0. The van der Waals surface area contributed by atoms with Gasteiger partial charge >= 0.3 is 0 Å². The molecule has 0 aliphatic carbocycles. The summed E-state index contributed by atoms with van der Waals surface area (Å²) in [5.74, 6) is -0.304. The molecule has 1 amide bonds. The molecule has 98 valence electrons. The highest BCUT2D eigenvalue weighted by Crippen LogP contribution is 2.21. The van der Waals surface area contributed by atoms with Crippen LogP contribution in [0.15, 0.2) is 24.3 Å². The molecule has 5 heteroatoms. The maximum Gasteiger partial charge on any atom is 0.244 e. The summed E-state index contributed by atoms with van der Waals surface area (Å²) in [6, 6.07) is 6.13. The number of hydrogen-bond donors (Lipinski definition) is 2. The van der Waals surface area contributed by atoms with Crippen LogP contribution in [0.2, 0.25) is 0 Å². The number of amides is 1. The number of likely N-dealkylation sites (N-methyl/N-ethyl adjacent to an activating group) is 1. The van der Waals surface area contributed by atoms with E-state index in [0.29, 0.717) is 13.1 Å². The molecular weight excluding hydrogens is 233 g/mol. The average molecular weight is 251 g/mol. The van der Waals surface area contributed by atoms with Gasteiger partial charge in [0.05, 0.1) is 0 Å². The van der Waals surface area contributed by atoms with Crippen LogP contribution in [0.5, 0.6) is 0 Å². The van der Waals surface area contributed by atoms with Crippen molar-refractivity contribution in [3.05, 3.63) is 30.1 Å². The van der Waals surface area contributed by atoms with Gasteiger partial charge in [-0.3, -0.25) is 4.79 Å². The molecule has 0 bridgehead atoms. The number of anilines is 1. The van der Waals surface area contributed by atoms with Gasteiger partial charge in [-0.05, 0) is 32.2 Å². The Kier molecular flexibility index (Phi) is 3.81. The number of carbonyl (C=O) groups excluding carboxylic acids is 1. The molecule has 0 aromatic heterocycles.